The molecule has 8 heteroatoms. The van der Waals surface area contributed by atoms with Crippen LogP contribution in [0.5, 0.6) is 0 Å². The number of aliphatic hydroxyl groups excluding tert-OH is 2. The monoisotopic (exact) mass is 446 g/mol. The minimum absolute atomic E-state index is 0.00385. The van der Waals surface area contributed by atoms with Crippen molar-refractivity contribution in [1.29, 1.82) is 0 Å². The van der Waals surface area contributed by atoms with Crippen molar-refractivity contribution in [3.8, 4) is 0 Å². The van der Waals surface area contributed by atoms with Crippen LogP contribution in [0.15, 0.2) is 42.5 Å². The number of amides is 2. The smallest absolute Gasteiger partial charge is 0.249 e. The summed E-state index contributed by atoms with van der Waals surface area (Å²) in [7, 11) is 0. The maximum absolute atomic E-state index is 12.3. The Morgan fingerprint density at radius 3 is 2.45 bits per heavy atom. The number of benzene rings is 2. The molecule has 2 aromatic carbocycles. The molecule has 0 aliphatic carbocycles. The predicted molar refractivity (Wildman–Crippen MR) is 123 cm³/mol. The second kappa shape index (κ2) is 11.8. The molecule has 0 heterocycles. The number of rotatable bonds is 11. The number of carbonyl (C=O) groups excluding carboxylic acids is 3. The lowest BCUT2D eigenvalue weighted by Gasteiger charge is -2.27. The molecular weight excluding hydrogens is 416 g/mol. The Kier molecular flexibility index (Phi) is 9.48. The summed E-state index contributed by atoms with van der Waals surface area (Å²) in [4.78, 5) is 36.0. The average Bonchev–Trinajstić information content (AvgIpc) is 2.77. The molecule has 0 bridgehead atoms. The molecule has 168 valence electrons. The van der Waals surface area contributed by atoms with Crippen molar-refractivity contribution in [3.05, 3.63) is 48.0 Å². The van der Waals surface area contributed by atoms with Gasteiger partial charge in [0.1, 0.15) is 6.10 Å². The number of hydrogen-bond acceptors (Lipinski definition) is 6. The zero-order valence-corrected chi connectivity index (χ0v) is 18.7. The van der Waals surface area contributed by atoms with Crippen LogP contribution in [0.3, 0.4) is 0 Å². The molecule has 0 aromatic heterocycles. The van der Waals surface area contributed by atoms with Gasteiger partial charge in [0, 0.05) is 36.2 Å². The zero-order valence-electron chi connectivity index (χ0n) is 17.9. The van der Waals surface area contributed by atoms with E-state index in [-0.39, 0.29) is 30.6 Å². The molecule has 0 aliphatic rings. The van der Waals surface area contributed by atoms with Crippen molar-refractivity contribution in [2.75, 3.05) is 25.4 Å². The third kappa shape index (κ3) is 7.65. The third-order valence-electron chi connectivity index (χ3n) is 4.91. The van der Waals surface area contributed by atoms with Crippen LogP contribution < -0.4 is 10.6 Å². The number of nitrogens with one attached hydrogen (secondary N) is 2. The molecule has 1 atom stereocenters. The van der Waals surface area contributed by atoms with Crippen LogP contribution in [0.1, 0.15) is 37.0 Å². The summed E-state index contributed by atoms with van der Waals surface area (Å²) in [5, 5.41) is 26.4. The van der Waals surface area contributed by atoms with Crippen LogP contribution >= 0.6 is 11.8 Å². The Balaban J connectivity index is 1.61. The Morgan fingerprint density at radius 2 is 1.74 bits per heavy atom. The van der Waals surface area contributed by atoms with Crippen LogP contribution in [-0.4, -0.2) is 58.7 Å². The molecule has 0 saturated heterocycles. The van der Waals surface area contributed by atoms with E-state index in [1.54, 1.807) is 13.8 Å². The van der Waals surface area contributed by atoms with Crippen molar-refractivity contribution in [1.82, 2.24) is 10.6 Å². The van der Waals surface area contributed by atoms with Gasteiger partial charge in [0.15, 0.2) is 0 Å². The summed E-state index contributed by atoms with van der Waals surface area (Å²) in [6, 6.07) is 13.5. The fourth-order valence-corrected chi connectivity index (χ4v) is 3.56. The van der Waals surface area contributed by atoms with E-state index < -0.39 is 17.4 Å². The average molecular weight is 447 g/mol. The van der Waals surface area contributed by atoms with E-state index in [4.69, 9.17) is 0 Å². The summed E-state index contributed by atoms with van der Waals surface area (Å²) in [6.45, 7) is 3.35. The molecule has 7 nitrogen and oxygen atoms in total. The van der Waals surface area contributed by atoms with Crippen molar-refractivity contribution in [3.63, 3.8) is 0 Å². The molecule has 0 spiro atoms. The van der Waals surface area contributed by atoms with Gasteiger partial charge in [-0.15, -0.1) is 0 Å². The van der Waals surface area contributed by atoms with E-state index in [1.165, 1.54) is 11.8 Å². The quantitative estimate of drug-likeness (QED) is 0.393. The minimum Gasteiger partial charge on any atom is -0.396 e. The number of fused-ring (bicyclic) bond motifs is 1. The molecule has 2 rings (SSSR count). The van der Waals surface area contributed by atoms with Crippen molar-refractivity contribution < 1.29 is 24.6 Å². The molecule has 4 N–H and O–H groups in total. The first-order valence-electron chi connectivity index (χ1n) is 10.2. The highest BCUT2D eigenvalue weighted by molar-refractivity contribution is 8.14. The molecule has 2 aromatic rings. The number of aliphatic hydroxyl groups is 2. The van der Waals surface area contributed by atoms with Crippen LogP contribution in [-0.2, 0) is 9.59 Å². The molecule has 0 radical (unpaired) electrons. The standard InChI is InChI=1S/C23H30N2O5S/c1-23(2,15-26)20(28)21(29)25-12-10-19(27)24-11-5-13-31-22(30)18-9-8-16-6-3-4-7-17(16)14-18/h3-4,6-9,14,20,26,28H,5,10-13,15H2,1-2H3,(H,24,27)(H,25,29)/t20-/m1/s1. The molecule has 31 heavy (non-hydrogen) atoms. The van der Waals surface area contributed by atoms with E-state index in [0.717, 1.165) is 10.8 Å². The van der Waals surface area contributed by atoms with E-state index >= 15 is 0 Å². The van der Waals surface area contributed by atoms with Gasteiger partial charge in [-0.1, -0.05) is 55.9 Å². The SMILES string of the molecule is CC(C)(CO)[C@H](O)C(=O)NCCC(=O)NCCCSC(=O)c1ccc2ccccc2c1. The largest absolute Gasteiger partial charge is 0.396 e. The lowest BCUT2D eigenvalue weighted by atomic mass is 9.87. The lowest BCUT2D eigenvalue weighted by molar-refractivity contribution is -0.137. The maximum Gasteiger partial charge on any atom is 0.249 e. The highest BCUT2D eigenvalue weighted by Crippen LogP contribution is 2.20. The predicted octanol–water partition coefficient (Wildman–Crippen LogP) is 2.11. The Labute approximate surface area is 186 Å². The van der Waals surface area contributed by atoms with E-state index in [1.807, 2.05) is 42.5 Å². The lowest BCUT2D eigenvalue weighted by Crippen LogP contribution is -2.46. The minimum atomic E-state index is -1.35. The first-order valence-corrected chi connectivity index (χ1v) is 11.2. The van der Waals surface area contributed by atoms with Crippen molar-refractivity contribution in [2.24, 2.45) is 5.41 Å². The highest BCUT2D eigenvalue weighted by atomic mass is 32.2. The second-order valence-corrected chi connectivity index (χ2v) is 9.06. The van der Waals surface area contributed by atoms with Crippen molar-refractivity contribution >= 4 is 39.5 Å². The fraction of sp³-hybridized carbons (Fsp3) is 0.435. The van der Waals surface area contributed by atoms with Crippen LogP contribution in [0.4, 0.5) is 0 Å². The Bertz CT molecular complexity index is 916. The molecule has 0 unspecified atom stereocenters. The van der Waals surface area contributed by atoms with Crippen molar-refractivity contribution in [2.45, 2.75) is 32.8 Å². The first-order chi connectivity index (χ1) is 14.7. The van der Waals surface area contributed by atoms with Crippen LogP contribution in [0.2, 0.25) is 0 Å². The number of thioether (sulfide) groups is 1. The van der Waals surface area contributed by atoms with Crippen LogP contribution in [0, 0.1) is 5.41 Å². The molecular formula is C23H30N2O5S. The summed E-state index contributed by atoms with van der Waals surface area (Å²) in [5.74, 6) is -0.247. The van der Waals surface area contributed by atoms with Gasteiger partial charge in [-0.3, -0.25) is 14.4 Å². The van der Waals surface area contributed by atoms with Crippen LogP contribution in [0.25, 0.3) is 10.8 Å². The van der Waals surface area contributed by atoms with Gasteiger partial charge < -0.3 is 20.8 Å². The first kappa shape index (κ1) is 24.8. The van der Waals surface area contributed by atoms with Gasteiger partial charge in [0.05, 0.1) is 6.61 Å². The van der Waals surface area contributed by atoms with Gasteiger partial charge in [0.2, 0.25) is 16.9 Å². The maximum atomic E-state index is 12.3. The van der Waals surface area contributed by atoms with E-state index in [0.29, 0.717) is 24.3 Å². The number of hydrogen-bond donors (Lipinski definition) is 4. The van der Waals surface area contributed by atoms with Gasteiger partial charge in [-0.05, 0) is 29.3 Å². The fourth-order valence-electron chi connectivity index (χ4n) is 2.79. The van der Waals surface area contributed by atoms with E-state index in [2.05, 4.69) is 10.6 Å². The Morgan fingerprint density at radius 1 is 1.03 bits per heavy atom. The summed E-state index contributed by atoms with van der Waals surface area (Å²) < 4.78 is 0. The summed E-state index contributed by atoms with van der Waals surface area (Å²) in [6.07, 6.45) is -0.620. The highest BCUT2D eigenvalue weighted by Gasteiger charge is 2.32. The summed E-state index contributed by atoms with van der Waals surface area (Å²) in [5.41, 5.74) is -0.288. The van der Waals surface area contributed by atoms with E-state index in [9.17, 15) is 24.6 Å². The summed E-state index contributed by atoms with van der Waals surface area (Å²) >= 11 is 1.22. The number of carbonyl (C=O) groups is 3. The van der Waals surface area contributed by atoms with Gasteiger partial charge in [0.25, 0.3) is 0 Å². The van der Waals surface area contributed by atoms with Gasteiger partial charge in [-0.2, -0.15) is 0 Å². The normalized spacial score (nSPS) is 12.4. The van der Waals surface area contributed by atoms with Gasteiger partial charge in [-0.25, -0.2) is 0 Å². The topological polar surface area (TPSA) is 116 Å². The zero-order chi connectivity index (χ0) is 22.9. The third-order valence-corrected chi connectivity index (χ3v) is 5.90. The molecule has 0 saturated carbocycles. The van der Waals surface area contributed by atoms with Gasteiger partial charge >= 0.3 is 0 Å². The molecule has 0 fully saturated rings. The molecule has 0 aliphatic heterocycles. The Hall–Kier alpha value is -2.42. The molecule has 2 amide bonds. The second-order valence-electron chi connectivity index (χ2n) is 7.99.